The van der Waals surface area contributed by atoms with Gasteiger partial charge in [-0.2, -0.15) is 0 Å². The fourth-order valence-electron chi connectivity index (χ4n) is 4.58. The summed E-state index contributed by atoms with van der Waals surface area (Å²) in [6, 6.07) is 0. The van der Waals surface area contributed by atoms with E-state index in [0.717, 1.165) is 36.9 Å². The first kappa shape index (κ1) is 17.1. The SMILES string of the molecule is C/C=C\COCC1CCC([C@H]2CC[C@H](CCC)CC2)CC1. The Morgan fingerprint density at radius 1 is 0.857 bits per heavy atom. The molecule has 0 N–H and O–H groups in total. The average Bonchev–Trinajstić information content (AvgIpc) is 2.53. The molecule has 2 fully saturated rings. The Hall–Kier alpha value is -0.300. The van der Waals surface area contributed by atoms with Gasteiger partial charge in [0.2, 0.25) is 0 Å². The largest absolute Gasteiger partial charge is 0.377 e. The molecule has 2 saturated carbocycles. The van der Waals surface area contributed by atoms with Crippen LogP contribution in [0.2, 0.25) is 0 Å². The zero-order valence-electron chi connectivity index (χ0n) is 14.4. The average molecular weight is 293 g/mol. The molecule has 0 bridgehead atoms. The third kappa shape index (κ3) is 5.77. The molecule has 2 aliphatic rings. The van der Waals surface area contributed by atoms with E-state index in [9.17, 15) is 0 Å². The third-order valence-corrected chi connectivity index (χ3v) is 5.95. The molecule has 0 saturated heterocycles. The predicted octanol–water partition coefficient (Wildman–Crippen LogP) is 5.99. The molecule has 0 heterocycles. The van der Waals surface area contributed by atoms with Crippen molar-refractivity contribution in [2.24, 2.45) is 23.7 Å². The molecule has 0 aliphatic heterocycles. The second-order valence-electron chi connectivity index (χ2n) is 7.46. The molecular weight excluding hydrogens is 256 g/mol. The molecule has 122 valence electrons. The van der Waals surface area contributed by atoms with Crippen molar-refractivity contribution in [2.75, 3.05) is 13.2 Å². The highest BCUT2D eigenvalue weighted by Gasteiger charge is 2.30. The molecule has 21 heavy (non-hydrogen) atoms. The van der Waals surface area contributed by atoms with Gasteiger partial charge in [0, 0.05) is 6.61 Å². The highest BCUT2D eigenvalue weighted by molar-refractivity contribution is 4.82. The lowest BCUT2D eigenvalue weighted by atomic mass is 9.69. The van der Waals surface area contributed by atoms with Crippen molar-refractivity contribution in [1.29, 1.82) is 0 Å². The molecule has 2 aliphatic carbocycles. The maximum absolute atomic E-state index is 5.75. The smallest absolute Gasteiger partial charge is 0.0647 e. The van der Waals surface area contributed by atoms with Gasteiger partial charge in [0.25, 0.3) is 0 Å². The van der Waals surface area contributed by atoms with Gasteiger partial charge in [0.05, 0.1) is 6.61 Å². The molecule has 0 amide bonds. The molecule has 0 aromatic carbocycles. The van der Waals surface area contributed by atoms with Crippen molar-refractivity contribution in [1.82, 2.24) is 0 Å². The maximum atomic E-state index is 5.75. The Morgan fingerprint density at radius 2 is 1.43 bits per heavy atom. The highest BCUT2D eigenvalue weighted by Crippen LogP contribution is 2.42. The Kier molecular flexibility index (Phi) is 7.85. The summed E-state index contributed by atoms with van der Waals surface area (Å²) in [6.07, 6.45) is 18.9. The van der Waals surface area contributed by atoms with Crippen LogP contribution in [0.25, 0.3) is 0 Å². The van der Waals surface area contributed by atoms with E-state index >= 15 is 0 Å². The van der Waals surface area contributed by atoms with Crippen molar-refractivity contribution in [3.63, 3.8) is 0 Å². The van der Waals surface area contributed by atoms with Gasteiger partial charge in [-0.05, 0) is 69.1 Å². The topological polar surface area (TPSA) is 9.23 Å². The van der Waals surface area contributed by atoms with Crippen LogP contribution in [0, 0.1) is 23.7 Å². The van der Waals surface area contributed by atoms with Gasteiger partial charge in [0.15, 0.2) is 0 Å². The zero-order chi connectivity index (χ0) is 14.9. The summed E-state index contributed by atoms with van der Waals surface area (Å²) in [5.41, 5.74) is 0. The van der Waals surface area contributed by atoms with E-state index < -0.39 is 0 Å². The Balaban J connectivity index is 1.61. The molecule has 1 nitrogen and oxygen atoms in total. The molecule has 0 spiro atoms. The van der Waals surface area contributed by atoms with Crippen LogP contribution < -0.4 is 0 Å². The van der Waals surface area contributed by atoms with Gasteiger partial charge >= 0.3 is 0 Å². The third-order valence-electron chi connectivity index (χ3n) is 5.95. The summed E-state index contributed by atoms with van der Waals surface area (Å²) in [6.45, 7) is 6.19. The van der Waals surface area contributed by atoms with E-state index in [1.807, 2.05) is 0 Å². The zero-order valence-corrected chi connectivity index (χ0v) is 14.4. The summed E-state index contributed by atoms with van der Waals surface area (Å²) in [5, 5.41) is 0. The first-order chi connectivity index (χ1) is 10.3. The van der Waals surface area contributed by atoms with E-state index in [1.54, 1.807) is 0 Å². The molecule has 0 unspecified atom stereocenters. The number of hydrogen-bond acceptors (Lipinski definition) is 1. The maximum Gasteiger partial charge on any atom is 0.0647 e. The second-order valence-corrected chi connectivity index (χ2v) is 7.46. The van der Waals surface area contributed by atoms with Crippen LogP contribution in [0.1, 0.15) is 78.1 Å². The van der Waals surface area contributed by atoms with Crippen molar-refractivity contribution in [3.8, 4) is 0 Å². The summed E-state index contributed by atoms with van der Waals surface area (Å²) in [7, 11) is 0. The molecule has 2 rings (SSSR count). The number of allylic oxidation sites excluding steroid dienone is 1. The van der Waals surface area contributed by atoms with Crippen molar-refractivity contribution >= 4 is 0 Å². The van der Waals surface area contributed by atoms with Gasteiger partial charge in [-0.3, -0.25) is 0 Å². The molecule has 0 radical (unpaired) electrons. The van der Waals surface area contributed by atoms with Crippen LogP contribution in [-0.4, -0.2) is 13.2 Å². The van der Waals surface area contributed by atoms with Crippen molar-refractivity contribution in [2.45, 2.75) is 78.1 Å². The van der Waals surface area contributed by atoms with E-state index in [4.69, 9.17) is 4.74 Å². The summed E-state index contributed by atoms with van der Waals surface area (Å²) >= 11 is 0. The first-order valence-corrected chi connectivity index (χ1v) is 9.52. The minimum absolute atomic E-state index is 0.803. The van der Waals surface area contributed by atoms with Crippen LogP contribution in [0.15, 0.2) is 12.2 Å². The Bertz CT molecular complexity index is 280. The molecular formula is C20H36O. The first-order valence-electron chi connectivity index (χ1n) is 9.52. The predicted molar refractivity (Wildman–Crippen MR) is 91.4 cm³/mol. The van der Waals surface area contributed by atoms with Crippen LogP contribution in [0.4, 0.5) is 0 Å². The van der Waals surface area contributed by atoms with E-state index in [2.05, 4.69) is 26.0 Å². The number of rotatable bonds is 7. The van der Waals surface area contributed by atoms with Crippen LogP contribution in [0.5, 0.6) is 0 Å². The molecule has 0 atom stereocenters. The number of ether oxygens (including phenoxy) is 1. The summed E-state index contributed by atoms with van der Waals surface area (Å²) in [4.78, 5) is 0. The van der Waals surface area contributed by atoms with E-state index in [1.165, 1.54) is 64.2 Å². The van der Waals surface area contributed by atoms with Crippen molar-refractivity contribution in [3.05, 3.63) is 12.2 Å². The van der Waals surface area contributed by atoms with Crippen LogP contribution in [0.3, 0.4) is 0 Å². The normalized spacial score (nSPS) is 34.4. The lowest BCUT2D eigenvalue weighted by Gasteiger charge is -2.37. The second kappa shape index (κ2) is 9.66. The quantitative estimate of drug-likeness (QED) is 0.413. The van der Waals surface area contributed by atoms with E-state index in [-0.39, 0.29) is 0 Å². The fraction of sp³-hybridized carbons (Fsp3) is 0.900. The standard InChI is InChI=1S/C20H36O/c1-3-5-15-21-16-18-9-13-20(14-10-18)19-11-7-17(6-4-2)8-12-19/h3,5,17-20H,4,6-16H2,1-2H3/b5-3-/t17-,18?,19-,20?. The minimum atomic E-state index is 0.803. The Labute approximate surface area is 132 Å². The highest BCUT2D eigenvalue weighted by atomic mass is 16.5. The fourth-order valence-corrected chi connectivity index (χ4v) is 4.58. The lowest BCUT2D eigenvalue weighted by molar-refractivity contribution is 0.0779. The molecule has 0 aromatic heterocycles. The van der Waals surface area contributed by atoms with Crippen LogP contribution in [-0.2, 0) is 4.74 Å². The van der Waals surface area contributed by atoms with Gasteiger partial charge in [-0.1, -0.05) is 44.8 Å². The van der Waals surface area contributed by atoms with Crippen molar-refractivity contribution < 1.29 is 4.74 Å². The molecule has 0 aromatic rings. The monoisotopic (exact) mass is 292 g/mol. The van der Waals surface area contributed by atoms with E-state index in [0.29, 0.717) is 0 Å². The van der Waals surface area contributed by atoms with Gasteiger partial charge in [0.1, 0.15) is 0 Å². The molecule has 1 heteroatoms. The lowest BCUT2D eigenvalue weighted by Crippen LogP contribution is -2.27. The van der Waals surface area contributed by atoms with Gasteiger partial charge in [-0.25, -0.2) is 0 Å². The van der Waals surface area contributed by atoms with Gasteiger partial charge < -0.3 is 4.74 Å². The number of hydrogen-bond donors (Lipinski definition) is 0. The Morgan fingerprint density at radius 3 is 1.95 bits per heavy atom. The summed E-state index contributed by atoms with van der Waals surface area (Å²) < 4.78 is 5.75. The summed E-state index contributed by atoms with van der Waals surface area (Å²) in [5.74, 6) is 3.99. The van der Waals surface area contributed by atoms with Gasteiger partial charge in [-0.15, -0.1) is 0 Å². The minimum Gasteiger partial charge on any atom is -0.377 e. The van der Waals surface area contributed by atoms with Crippen LogP contribution >= 0.6 is 0 Å².